The van der Waals surface area contributed by atoms with E-state index in [1.165, 1.54) is 16.8 Å². The Morgan fingerprint density at radius 3 is 2.83 bits per heavy atom. The molecule has 0 amide bonds. The highest BCUT2D eigenvalue weighted by Gasteiger charge is 1.86. The molecule has 0 aliphatic heterocycles. The topological polar surface area (TPSA) is 30.9 Å². The van der Waals surface area contributed by atoms with Gasteiger partial charge >= 0.3 is 0 Å². The minimum absolute atomic E-state index is 1.20. The van der Waals surface area contributed by atoms with Gasteiger partial charge in [0.15, 0.2) is 0 Å². The monoisotopic (exact) mass is 162 g/mol. The summed E-state index contributed by atoms with van der Waals surface area (Å²) >= 11 is 0. The maximum atomic E-state index is 5.25. The molecule has 0 spiro atoms. The van der Waals surface area contributed by atoms with E-state index >= 15 is 0 Å². The van der Waals surface area contributed by atoms with Crippen LogP contribution in [0.2, 0.25) is 0 Å². The van der Waals surface area contributed by atoms with Gasteiger partial charge in [0.2, 0.25) is 0 Å². The molecule has 12 heavy (non-hydrogen) atoms. The first kappa shape index (κ1) is 8.65. The lowest BCUT2D eigenvalue weighted by atomic mass is 10.3. The van der Waals surface area contributed by atoms with Gasteiger partial charge in [0.1, 0.15) is 0 Å². The lowest BCUT2D eigenvalue weighted by molar-refractivity contribution is 0.887. The van der Waals surface area contributed by atoms with Gasteiger partial charge in [-0.05, 0) is 30.5 Å². The fourth-order valence-electron chi connectivity index (χ4n) is 1.23. The summed E-state index contributed by atoms with van der Waals surface area (Å²) in [6.45, 7) is 2.03. The van der Waals surface area contributed by atoms with Crippen molar-refractivity contribution in [3.8, 4) is 0 Å². The molecule has 1 heterocycles. The van der Waals surface area contributed by atoms with E-state index in [4.69, 9.17) is 5.73 Å². The highest BCUT2D eigenvalue weighted by Crippen LogP contribution is 1.73. The van der Waals surface area contributed by atoms with Crippen molar-refractivity contribution in [3.05, 3.63) is 35.1 Å². The summed E-state index contributed by atoms with van der Waals surface area (Å²) in [7, 11) is 2.03. The number of allylic oxidation sites excluding steroid dienone is 1. The van der Waals surface area contributed by atoms with Crippen molar-refractivity contribution in [2.75, 3.05) is 0 Å². The first-order chi connectivity index (χ1) is 5.79. The van der Waals surface area contributed by atoms with E-state index in [1.807, 2.05) is 32.3 Å². The summed E-state index contributed by atoms with van der Waals surface area (Å²) in [5.74, 6) is 0. The van der Waals surface area contributed by atoms with E-state index < -0.39 is 0 Å². The van der Waals surface area contributed by atoms with E-state index in [9.17, 15) is 0 Å². The van der Waals surface area contributed by atoms with Crippen molar-refractivity contribution >= 4 is 12.2 Å². The van der Waals surface area contributed by atoms with Crippen LogP contribution in [0.3, 0.4) is 0 Å². The van der Waals surface area contributed by atoms with E-state index in [1.54, 1.807) is 0 Å². The largest absolute Gasteiger partial charge is 0.405 e. The van der Waals surface area contributed by atoms with Crippen molar-refractivity contribution in [2.24, 2.45) is 12.8 Å². The number of hydrogen-bond acceptors (Lipinski definition) is 1. The Balaban J connectivity index is 3.36. The minimum Gasteiger partial charge on any atom is -0.405 e. The average molecular weight is 162 g/mol. The molecule has 1 rings (SSSR count). The van der Waals surface area contributed by atoms with Crippen LogP contribution in [0.25, 0.3) is 12.2 Å². The standard InChI is InChI=1S/C10H14N2/c1-3-10-9(5-4-7-11)6-8-12(10)2/h3-8H,11H2,1-2H3/b7-4-,9-5-,10-3+. The quantitative estimate of drug-likeness (QED) is 0.623. The normalized spacial score (nSPS) is 14.8. The summed E-state index contributed by atoms with van der Waals surface area (Å²) in [6.07, 6.45) is 9.48. The molecule has 0 atom stereocenters. The van der Waals surface area contributed by atoms with Gasteiger partial charge in [-0.3, -0.25) is 0 Å². The van der Waals surface area contributed by atoms with E-state index in [2.05, 4.69) is 16.7 Å². The Labute approximate surface area is 72.3 Å². The van der Waals surface area contributed by atoms with Crippen LogP contribution in [0.1, 0.15) is 6.92 Å². The average Bonchev–Trinajstić information content (AvgIpc) is 2.43. The van der Waals surface area contributed by atoms with Gasteiger partial charge in [-0.1, -0.05) is 12.2 Å². The third kappa shape index (κ3) is 1.59. The van der Waals surface area contributed by atoms with Gasteiger partial charge in [-0.15, -0.1) is 0 Å². The molecule has 1 aromatic heterocycles. The summed E-state index contributed by atoms with van der Waals surface area (Å²) in [5, 5.41) is 2.41. The lowest BCUT2D eigenvalue weighted by Gasteiger charge is -1.87. The lowest BCUT2D eigenvalue weighted by Crippen LogP contribution is -2.26. The summed E-state index contributed by atoms with van der Waals surface area (Å²) in [6, 6.07) is 2.06. The van der Waals surface area contributed by atoms with Crippen LogP contribution in [0.4, 0.5) is 0 Å². The second-order valence-corrected chi connectivity index (χ2v) is 2.61. The van der Waals surface area contributed by atoms with Crippen molar-refractivity contribution in [1.29, 1.82) is 0 Å². The van der Waals surface area contributed by atoms with Crippen LogP contribution < -0.4 is 16.3 Å². The second-order valence-electron chi connectivity index (χ2n) is 2.61. The third-order valence-electron chi connectivity index (χ3n) is 1.81. The van der Waals surface area contributed by atoms with E-state index in [0.717, 1.165) is 0 Å². The molecule has 2 N–H and O–H groups in total. The molecule has 0 saturated carbocycles. The van der Waals surface area contributed by atoms with Gasteiger partial charge in [0.05, 0.1) is 0 Å². The van der Waals surface area contributed by atoms with Crippen LogP contribution in [-0.4, -0.2) is 4.57 Å². The molecule has 2 heteroatoms. The Bertz CT molecular complexity index is 382. The molecule has 64 valence electrons. The number of nitrogens with two attached hydrogens (primary N) is 1. The molecule has 0 unspecified atom stereocenters. The summed E-state index contributed by atoms with van der Waals surface area (Å²) < 4.78 is 2.08. The first-order valence-electron chi connectivity index (χ1n) is 3.96. The molecule has 0 saturated heterocycles. The van der Waals surface area contributed by atoms with E-state index in [-0.39, 0.29) is 0 Å². The minimum atomic E-state index is 1.20. The zero-order valence-electron chi connectivity index (χ0n) is 7.49. The molecular formula is C10H14N2. The van der Waals surface area contributed by atoms with Crippen LogP contribution >= 0.6 is 0 Å². The molecule has 0 fully saturated rings. The van der Waals surface area contributed by atoms with E-state index in [0.29, 0.717) is 0 Å². The molecule has 2 nitrogen and oxygen atoms in total. The molecule has 0 radical (unpaired) electrons. The Morgan fingerprint density at radius 1 is 1.50 bits per heavy atom. The predicted molar refractivity (Wildman–Crippen MR) is 52.6 cm³/mol. The van der Waals surface area contributed by atoms with Gasteiger partial charge in [-0.25, -0.2) is 0 Å². The Hall–Kier alpha value is -1.44. The number of hydrogen-bond donors (Lipinski definition) is 1. The van der Waals surface area contributed by atoms with Crippen molar-refractivity contribution in [1.82, 2.24) is 4.57 Å². The van der Waals surface area contributed by atoms with Crippen LogP contribution in [0.15, 0.2) is 24.5 Å². The van der Waals surface area contributed by atoms with Crippen LogP contribution in [0, 0.1) is 0 Å². The smallest absolute Gasteiger partial charge is 0.0434 e. The first-order valence-corrected chi connectivity index (χ1v) is 3.96. The van der Waals surface area contributed by atoms with Crippen molar-refractivity contribution in [2.45, 2.75) is 6.92 Å². The molecule has 0 aromatic carbocycles. The SMILES string of the molecule is C\C=c1/c(=C\C=C/N)ccn1C. The molecular weight excluding hydrogens is 148 g/mol. The summed E-state index contributed by atoms with van der Waals surface area (Å²) in [4.78, 5) is 0. The molecule has 1 aromatic rings. The highest BCUT2D eigenvalue weighted by molar-refractivity contribution is 5.37. The number of rotatable bonds is 1. The molecule has 0 bridgehead atoms. The van der Waals surface area contributed by atoms with Gasteiger partial charge in [0, 0.05) is 18.6 Å². The number of nitrogens with zero attached hydrogens (tertiary/aromatic N) is 1. The fraction of sp³-hybridized carbons (Fsp3) is 0.200. The summed E-state index contributed by atoms with van der Waals surface area (Å²) in [5.41, 5.74) is 5.25. The van der Waals surface area contributed by atoms with Crippen LogP contribution in [-0.2, 0) is 7.05 Å². The number of aromatic nitrogens is 1. The van der Waals surface area contributed by atoms with Crippen molar-refractivity contribution in [3.63, 3.8) is 0 Å². The number of aryl methyl sites for hydroxylation is 1. The maximum Gasteiger partial charge on any atom is 0.0434 e. The third-order valence-corrected chi connectivity index (χ3v) is 1.81. The second kappa shape index (κ2) is 3.81. The maximum absolute atomic E-state index is 5.25. The van der Waals surface area contributed by atoms with Crippen LogP contribution in [0.5, 0.6) is 0 Å². The van der Waals surface area contributed by atoms with Gasteiger partial charge in [0.25, 0.3) is 0 Å². The Kier molecular flexibility index (Phi) is 2.75. The molecule has 0 aliphatic carbocycles. The van der Waals surface area contributed by atoms with Gasteiger partial charge in [-0.2, -0.15) is 0 Å². The highest BCUT2D eigenvalue weighted by atomic mass is 14.9. The molecule has 0 aliphatic rings. The van der Waals surface area contributed by atoms with Crippen molar-refractivity contribution < 1.29 is 0 Å². The zero-order valence-corrected chi connectivity index (χ0v) is 7.49. The zero-order chi connectivity index (χ0) is 8.97. The Morgan fingerprint density at radius 2 is 2.25 bits per heavy atom. The van der Waals surface area contributed by atoms with Gasteiger partial charge < -0.3 is 10.3 Å². The predicted octanol–water partition coefficient (Wildman–Crippen LogP) is 0.0784. The fourth-order valence-corrected chi connectivity index (χ4v) is 1.23.